The Morgan fingerprint density at radius 1 is 1.24 bits per heavy atom. The van der Waals surface area contributed by atoms with Gasteiger partial charge in [0.05, 0.1) is 22.9 Å². The number of hydrogen-bond donors (Lipinski definition) is 2. The second-order valence-corrected chi connectivity index (χ2v) is 6.27. The van der Waals surface area contributed by atoms with E-state index in [4.69, 9.17) is 0 Å². The molecule has 1 aliphatic rings. The first-order valence-corrected chi connectivity index (χ1v) is 8.42. The van der Waals surface area contributed by atoms with Crippen LogP contribution in [0.2, 0.25) is 0 Å². The van der Waals surface area contributed by atoms with Gasteiger partial charge in [0.2, 0.25) is 0 Å². The molecule has 6 heteroatoms. The Morgan fingerprint density at radius 2 is 2.08 bits per heavy atom. The molecule has 1 fully saturated rings. The minimum atomic E-state index is -0.518. The van der Waals surface area contributed by atoms with E-state index < -0.39 is 5.82 Å². The highest BCUT2D eigenvalue weighted by Gasteiger charge is 2.25. The summed E-state index contributed by atoms with van der Waals surface area (Å²) in [5.41, 5.74) is 2.39. The zero-order valence-corrected chi connectivity index (χ0v) is 13.7. The van der Waals surface area contributed by atoms with Gasteiger partial charge >= 0.3 is 0 Å². The molecular weight excluding hydrogens is 319 g/mol. The van der Waals surface area contributed by atoms with Crippen LogP contribution >= 0.6 is 0 Å². The van der Waals surface area contributed by atoms with Gasteiger partial charge < -0.3 is 15.2 Å². The molecule has 0 radical (unpaired) electrons. The van der Waals surface area contributed by atoms with Crippen LogP contribution in [0, 0.1) is 5.82 Å². The van der Waals surface area contributed by atoms with E-state index in [1.165, 1.54) is 18.5 Å². The summed E-state index contributed by atoms with van der Waals surface area (Å²) in [6.45, 7) is 1.94. The van der Waals surface area contributed by atoms with Gasteiger partial charge in [-0.3, -0.25) is 4.79 Å². The SMILES string of the molecule is O=C(c1cc2nc[nH]c2cc1F)N1CCCNC(c2ccccc2)C1. The summed E-state index contributed by atoms with van der Waals surface area (Å²) in [5.74, 6) is -0.803. The number of halogens is 1. The summed E-state index contributed by atoms with van der Waals surface area (Å²) in [5, 5.41) is 3.47. The highest BCUT2D eigenvalue weighted by molar-refractivity contribution is 5.97. The largest absolute Gasteiger partial charge is 0.345 e. The highest BCUT2D eigenvalue weighted by atomic mass is 19.1. The van der Waals surface area contributed by atoms with Crippen molar-refractivity contribution in [1.82, 2.24) is 20.2 Å². The average Bonchev–Trinajstić information content (AvgIpc) is 2.94. The summed E-state index contributed by atoms with van der Waals surface area (Å²) in [7, 11) is 0. The second kappa shape index (κ2) is 6.64. The van der Waals surface area contributed by atoms with Crippen molar-refractivity contribution in [3.63, 3.8) is 0 Å². The molecule has 0 saturated carbocycles. The lowest BCUT2D eigenvalue weighted by molar-refractivity contribution is 0.0748. The fraction of sp³-hybridized carbons (Fsp3) is 0.263. The molecule has 5 nitrogen and oxygen atoms in total. The third-order valence-corrected chi connectivity index (χ3v) is 4.63. The van der Waals surface area contributed by atoms with Crippen molar-refractivity contribution in [3.05, 3.63) is 65.7 Å². The van der Waals surface area contributed by atoms with Gasteiger partial charge in [-0.1, -0.05) is 30.3 Å². The molecule has 2 heterocycles. The van der Waals surface area contributed by atoms with Gasteiger partial charge in [0.1, 0.15) is 5.82 Å². The topological polar surface area (TPSA) is 61.0 Å². The number of imidazole rings is 1. The molecule has 1 aromatic heterocycles. The molecule has 1 atom stereocenters. The minimum absolute atomic E-state index is 0.0461. The molecule has 1 amide bonds. The molecule has 128 valence electrons. The minimum Gasteiger partial charge on any atom is -0.345 e. The van der Waals surface area contributed by atoms with Crippen molar-refractivity contribution >= 4 is 16.9 Å². The first kappa shape index (κ1) is 15.8. The highest BCUT2D eigenvalue weighted by Crippen LogP contribution is 2.21. The molecule has 0 bridgehead atoms. The van der Waals surface area contributed by atoms with E-state index in [1.807, 2.05) is 30.3 Å². The molecular formula is C19H19FN4O. The zero-order valence-electron chi connectivity index (χ0n) is 13.7. The second-order valence-electron chi connectivity index (χ2n) is 6.27. The van der Waals surface area contributed by atoms with Gasteiger partial charge in [-0.2, -0.15) is 0 Å². The van der Waals surface area contributed by atoms with E-state index in [-0.39, 0.29) is 17.5 Å². The third-order valence-electron chi connectivity index (χ3n) is 4.63. The van der Waals surface area contributed by atoms with Gasteiger partial charge in [0.15, 0.2) is 0 Å². The summed E-state index contributed by atoms with van der Waals surface area (Å²) in [6.07, 6.45) is 2.33. The van der Waals surface area contributed by atoms with E-state index in [0.29, 0.717) is 24.1 Å². The van der Waals surface area contributed by atoms with E-state index in [9.17, 15) is 9.18 Å². The van der Waals surface area contributed by atoms with Crippen LogP contribution in [-0.4, -0.2) is 40.4 Å². The van der Waals surface area contributed by atoms with Crippen LogP contribution in [0.25, 0.3) is 11.0 Å². The predicted octanol–water partition coefficient (Wildman–Crippen LogP) is 2.88. The Labute approximate surface area is 144 Å². The number of nitrogens with zero attached hydrogens (tertiary/aromatic N) is 2. The quantitative estimate of drug-likeness (QED) is 0.755. The van der Waals surface area contributed by atoms with Crippen LogP contribution in [0.1, 0.15) is 28.4 Å². The maximum Gasteiger partial charge on any atom is 0.256 e. The molecule has 0 spiro atoms. The molecule has 2 aromatic carbocycles. The van der Waals surface area contributed by atoms with E-state index in [1.54, 1.807) is 4.90 Å². The fourth-order valence-electron chi connectivity index (χ4n) is 3.31. The van der Waals surface area contributed by atoms with Crippen molar-refractivity contribution in [2.75, 3.05) is 19.6 Å². The lowest BCUT2D eigenvalue weighted by Crippen LogP contribution is -2.36. The van der Waals surface area contributed by atoms with E-state index >= 15 is 0 Å². The molecule has 0 aliphatic carbocycles. The Hall–Kier alpha value is -2.73. The Balaban J connectivity index is 1.62. The molecule has 3 aromatic rings. The number of benzene rings is 2. The van der Waals surface area contributed by atoms with Crippen molar-refractivity contribution in [1.29, 1.82) is 0 Å². The van der Waals surface area contributed by atoms with Gasteiger partial charge in [-0.05, 0) is 24.6 Å². The lowest BCUT2D eigenvalue weighted by atomic mass is 10.1. The molecule has 1 unspecified atom stereocenters. The van der Waals surface area contributed by atoms with Gasteiger partial charge in [-0.25, -0.2) is 9.37 Å². The van der Waals surface area contributed by atoms with E-state index in [0.717, 1.165) is 18.5 Å². The number of aromatic nitrogens is 2. The smallest absolute Gasteiger partial charge is 0.256 e. The van der Waals surface area contributed by atoms with Crippen LogP contribution in [0.3, 0.4) is 0 Å². The maximum absolute atomic E-state index is 14.4. The number of fused-ring (bicyclic) bond motifs is 1. The third kappa shape index (κ3) is 3.13. The Morgan fingerprint density at radius 3 is 2.92 bits per heavy atom. The fourth-order valence-corrected chi connectivity index (χ4v) is 3.31. The normalized spacial score (nSPS) is 18.3. The maximum atomic E-state index is 14.4. The van der Waals surface area contributed by atoms with Gasteiger partial charge in [-0.15, -0.1) is 0 Å². The summed E-state index contributed by atoms with van der Waals surface area (Å²) >= 11 is 0. The monoisotopic (exact) mass is 338 g/mol. The molecule has 4 rings (SSSR count). The van der Waals surface area contributed by atoms with Gasteiger partial charge in [0.25, 0.3) is 5.91 Å². The number of amides is 1. The first-order chi connectivity index (χ1) is 12.2. The number of rotatable bonds is 2. The van der Waals surface area contributed by atoms with Crippen molar-refractivity contribution in [2.24, 2.45) is 0 Å². The summed E-state index contributed by atoms with van der Waals surface area (Å²) in [6, 6.07) is 12.9. The number of carbonyl (C=O) groups is 1. The predicted molar refractivity (Wildman–Crippen MR) is 93.8 cm³/mol. The van der Waals surface area contributed by atoms with E-state index in [2.05, 4.69) is 15.3 Å². The van der Waals surface area contributed by atoms with Crippen molar-refractivity contribution in [2.45, 2.75) is 12.5 Å². The van der Waals surface area contributed by atoms with Crippen LogP contribution in [0.15, 0.2) is 48.8 Å². The van der Waals surface area contributed by atoms with Crippen LogP contribution < -0.4 is 5.32 Å². The molecule has 2 N–H and O–H groups in total. The number of nitrogens with one attached hydrogen (secondary N) is 2. The molecule has 1 saturated heterocycles. The number of carbonyl (C=O) groups excluding carboxylic acids is 1. The number of aromatic amines is 1. The molecule has 1 aliphatic heterocycles. The molecule has 25 heavy (non-hydrogen) atoms. The number of H-pyrrole nitrogens is 1. The Kier molecular flexibility index (Phi) is 4.19. The first-order valence-electron chi connectivity index (χ1n) is 8.42. The average molecular weight is 338 g/mol. The summed E-state index contributed by atoms with van der Waals surface area (Å²) in [4.78, 5) is 21.6. The van der Waals surface area contributed by atoms with Crippen molar-refractivity contribution in [3.8, 4) is 0 Å². The Bertz CT molecular complexity index is 893. The van der Waals surface area contributed by atoms with Crippen LogP contribution in [0.4, 0.5) is 4.39 Å². The van der Waals surface area contributed by atoms with Crippen LogP contribution in [0.5, 0.6) is 0 Å². The summed E-state index contributed by atoms with van der Waals surface area (Å²) < 4.78 is 14.4. The van der Waals surface area contributed by atoms with Gasteiger partial charge in [0, 0.05) is 25.2 Å². The van der Waals surface area contributed by atoms with Crippen molar-refractivity contribution < 1.29 is 9.18 Å². The number of hydrogen-bond acceptors (Lipinski definition) is 3. The zero-order chi connectivity index (χ0) is 17.2. The standard InChI is InChI=1S/C19H19FN4O/c20-15-10-17-16(22-12-23-17)9-14(15)19(25)24-8-4-7-21-18(11-24)13-5-2-1-3-6-13/h1-3,5-6,9-10,12,18,21H,4,7-8,11H2,(H,22,23). The lowest BCUT2D eigenvalue weighted by Gasteiger charge is -2.25. The van der Waals surface area contributed by atoms with Crippen LogP contribution in [-0.2, 0) is 0 Å².